The smallest absolute Gasteiger partial charge is 0.0486 e. The topological polar surface area (TPSA) is 4.93 Å². The Morgan fingerprint density at radius 1 is 1.00 bits per heavy atom. The highest BCUT2D eigenvalue weighted by molar-refractivity contribution is 9.10. The lowest BCUT2D eigenvalue weighted by atomic mass is 9.75. The third-order valence-corrected chi connectivity index (χ3v) is 7.35. The van der Waals surface area contributed by atoms with Gasteiger partial charge in [0.1, 0.15) is 0 Å². The van der Waals surface area contributed by atoms with E-state index in [0.29, 0.717) is 0 Å². The summed E-state index contributed by atoms with van der Waals surface area (Å²) >= 11 is 3.73. The molecule has 0 radical (unpaired) electrons. The molecule has 1 atom stereocenters. The Balaban J connectivity index is 1.77. The van der Waals surface area contributed by atoms with Crippen LogP contribution in [0, 0.1) is 5.92 Å². The molecule has 136 valence electrons. The number of benzene rings is 1. The lowest BCUT2D eigenvalue weighted by Crippen LogP contribution is -2.16. The van der Waals surface area contributed by atoms with Crippen molar-refractivity contribution in [3.63, 3.8) is 0 Å². The predicted octanol–water partition coefficient (Wildman–Crippen LogP) is 7.98. The molecule has 0 bridgehead atoms. The van der Waals surface area contributed by atoms with Crippen LogP contribution in [0.25, 0.3) is 10.9 Å². The second-order valence-corrected chi connectivity index (χ2v) is 9.27. The van der Waals surface area contributed by atoms with Gasteiger partial charge in [0, 0.05) is 27.6 Å². The fourth-order valence-corrected chi connectivity index (χ4v) is 5.92. The summed E-state index contributed by atoms with van der Waals surface area (Å²) in [6.07, 6.45) is 18.0. The molecule has 0 saturated heterocycles. The van der Waals surface area contributed by atoms with E-state index in [0.717, 1.165) is 17.9 Å². The predicted molar refractivity (Wildman–Crippen MR) is 111 cm³/mol. The molecule has 2 saturated carbocycles. The van der Waals surface area contributed by atoms with E-state index in [1.165, 1.54) is 86.0 Å². The van der Waals surface area contributed by atoms with Crippen LogP contribution < -0.4 is 0 Å². The maximum Gasteiger partial charge on any atom is 0.0486 e. The lowest BCUT2D eigenvalue weighted by Gasteiger charge is -2.29. The fourth-order valence-electron chi connectivity index (χ4n) is 5.55. The van der Waals surface area contributed by atoms with Crippen LogP contribution in [0.15, 0.2) is 28.9 Å². The molecule has 0 aliphatic heterocycles. The van der Waals surface area contributed by atoms with Crippen LogP contribution in [0.3, 0.4) is 0 Å². The van der Waals surface area contributed by atoms with Crippen molar-refractivity contribution in [3.8, 4) is 0 Å². The molecule has 4 rings (SSSR count). The Kier molecular flexibility index (Phi) is 5.55. The van der Waals surface area contributed by atoms with E-state index in [1.54, 1.807) is 5.56 Å². The second kappa shape index (κ2) is 7.86. The van der Waals surface area contributed by atoms with Crippen LogP contribution in [0.1, 0.15) is 95.1 Å². The van der Waals surface area contributed by atoms with Crippen molar-refractivity contribution in [2.24, 2.45) is 5.92 Å². The van der Waals surface area contributed by atoms with Gasteiger partial charge in [-0.1, -0.05) is 61.4 Å². The standard InChI is InChI=1S/C23H32BrN/c1-2-20(17-9-5-3-6-10-17)22-16-25(19-11-7-4-8-12-19)23-14-13-18(24)15-21(22)23/h13-17,19-20H,2-12H2,1H3. The summed E-state index contributed by atoms with van der Waals surface area (Å²) in [5.41, 5.74) is 3.11. The van der Waals surface area contributed by atoms with Gasteiger partial charge in [-0.3, -0.25) is 0 Å². The van der Waals surface area contributed by atoms with Crippen LogP contribution in [0.5, 0.6) is 0 Å². The van der Waals surface area contributed by atoms with E-state index in [4.69, 9.17) is 0 Å². The first-order chi connectivity index (χ1) is 12.3. The van der Waals surface area contributed by atoms with Gasteiger partial charge in [-0.15, -0.1) is 0 Å². The van der Waals surface area contributed by atoms with E-state index < -0.39 is 0 Å². The van der Waals surface area contributed by atoms with Crippen molar-refractivity contribution in [2.75, 3.05) is 0 Å². The monoisotopic (exact) mass is 401 g/mol. The Morgan fingerprint density at radius 2 is 1.68 bits per heavy atom. The van der Waals surface area contributed by atoms with Gasteiger partial charge in [0.25, 0.3) is 0 Å². The van der Waals surface area contributed by atoms with Crippen LogP contribution in [0.4, 0.5) is 0 Å². The third kappa shape index (κ3) is 3.56. The minimum atomic E-state index is 0.718. The second-order valence-electron chi connectivity index (χ2n) is 8.36. The summed E-state index contributed by atoms with van der Waals surface area (Å²) in [6.45, 7) is 2.40. The molecule has 2 heteroatoms. The van der Waals surface area contributed by atoms with Gasteiger partial charge in [-0.2, -0.15) is 0 Å². The summed E-state index contributed by atoms with van der Waals surface area (Å²) in [5.74, 6) is 1.63. The first kappa shape index (κ1) is 17.6. The van der Waals surface area contributed by atoms with Gasteiger partial charge in [-0.05, 0) is 67.7 Å². The summed E-state index contributed by atoms with van der Waals surface area (Å²) in [4.78, 5) is 0. The lowest BCUT2D eigenvalue weighted by molar-refractivity contribution is 0.299. The number of aromatic nitrogens is 1. The zero-order valence-corrected chi connectivity index (χ0v) is 17.2. The minimum Gasteiger partial charge on any atom is -0.344 e. The number of nitrogens with zero attached hydrogens (tertiary/aromatic N) is 1. The summed E-state index contributed by atoms with van der Waals surface area (Å²) in [5, 5.41) is 1.51. The first-order valence-corrected chi connectivity index (χ1v) is 11.4. The van der Waals surface area contributed by atoms with Crippen LogP contribution >= 0.6 is 15.9 Å². The first-order valence-electron chi connectivity index (χ1n) is 10.6. The maximum atomic E-state index is 3.73. The van der Waals surface area contributed by atoms with Crippen molar-refractivity contribution < 1.29 is 0 Å². The van der Waals surface area contributed by atoms with Gasteiger partial charge in [0.05, 0.1) is 0 Å². The average Bonchev–Trinajstić information content (AvgIpc) is 3.03. The molecule has 2 aliphatic carbocycles. The molecule has 2 fully saturated rings. The number of fused-ring (bicyclic) bond motifs is 1. The van der Waals surface area contributed by atoms with E-state index in [-0.39, 0.29) is 0 Å². The quantitative estimate of drug-likeness (QED) is 0.488. The van der Waals surface area contributed by atoms with Crippen LogP contribution in [-0.2, 0) is 0 Å². The molecule has 0 N–H and O–H groups in total. The van der Waals surface area contributed by atoms with Gasteiger partial charge >= 0.3 is 0 Å². The van der Waals surface area contributed by atoms with Gasteiger partial charge in [0.15, 0.2) is 0 Å². The van der Waals surface area contributed by atoms with Crippen LogP contribution in [0.2, 0.25) is 0 Å². The molecule has 0 spiro atoms. The molecule has 1 aromatic heterocycles. The molecule has 2 aliphatic rings. The van der Waals surface area contributed by atoms with Crippen molar-refractivity contribution in [3.05, 3.63) is 34.4 Å². The van der Waals surface area contributed by atoms with Crippen molar-refractivity contribution in [1.29, 1.82) is 0 Å². The molecule has 25 heavy (non-hydrogen) atoms. The fraction of sp³-hybridized carbons (Fsp3) is 0.652. The molecule has 1 heterocycles. The summed E-state index contributed by atoms with van der Waals surface area (Å²) < 4.78 is 3.88. The van der Waals surface area contributed by atoms with Crippen molar-refractivity contribution >= 4 is 26.8 Å². The number of halogens is 1. The molecule has 2 aromatic rings. The summed E-state index contributed by atoms with van der Waals surface area (Å²) in [7, 11) is 0. The average molecular weight is 402 g/mol. The van der Waals surface area contributed by atoms with Gasteiger partial charge in [0.2, 0.25) is 0 Å². The number of hydrogen-bond acceptors (Lipinski definition) is 0. The Morgan fingerprint density at radius 3 is 2.36 bits per heavy atom. The molecule has 1 aromatic carbocycles. The van der Waals surface area contributed by atoms with Gasteiger partial charge in [-0.25, -0.2) is 0 Å². The number of hydrogen-bond donors (Lipinski definition) is 0. The zero-order chi connectivity index (χ0) is 17.2. The minimum absolute atomic E-state index is 0.718. The molecular formula is C23H32BrN. The van der Waals surface area contributed by atoms with E-state index >= 15 is 0 Å². The van der Waals surface area contributed by atoms with Gasteiger partial charge < -0.3 is 4.57 Å². The Hall–Kier alpha value is -0.760. The van der Waals surface area contributed by atoms with E-state index in [1.807, 2.05) is 0 Å². The summed E-state index contributed by atoms with van der Waals surface area (Å²) in [6, 6.07) is 7.68. The highest BCUT2D eigenvalue weighted by Crippen LogP contribution is 2.43. The Labute approximate surface area is 161 Å². The van der Waals surface area contributed by atoms with E-state index in [9.17, 15) is 0 Å². The normalized spacial score (nSPS) is 21.7. The molecule has 1 unspecified atom stereocenters. The highest BCUT2D eigenvalue weighted by Gasteiger charge is 2.28. The zero-order valence-electron chi connectivity index (χ0n) is 15.6. The maximum absolute atomic E-state index is 3.73. The van der Waals surface area contributed by atoms with Crippen LogP contribution in [-0.4, -0.2) is 4.57 Å². The molecular weight excluding hydrogens is 370 g/mol. The highest BCUT2D eigenvalue weighted by atomic mass is 79.9. The molecule has 1 nitrogen and oxygen atoms in total. The van der Waals surface area contributed by atoms with E-state index in [2.05, 4.69) is 51.8 Å². The molecule has 0 amide bonds. The SMILES string of the molecule is CCC(c1cn(C2CCCCC2)c2ccc(Br)cc12)C1CCCCC1. The number of rotatable bonds is 4. The third-order valence-electron chi connectivity index (χ3n) is 6.85. The largest absolute Gasteiger partial charge is 0.344 e. The Bertz CT molecular complexity index is 704. The van der Waals surface area contributed by atoms with Crippen molar-refractivity contribution in [2.45, 2.75) is 89.5 Å². The van der Waals surface area contributed by atoms with Crippen molar-refractivity contribution in [1.82, 2.24) is 4.57 Å².